The van der Waals surface area contributed by atoms with Gasteiger partial charge in [0.25, 0.3) is 5.91 Å². The Morgan fingerprint density at radius 3 is 2.66 bits per heavy atom. The molecular formula is C21H21ClN2O3S2. The number of aryl methyl sites for hydroxylation is 1. The molecule has 2 heterocycles. The lowest BCUT2D eigenvalue weighted by Crippen LogP contribution is -2.37. The first-order valence-electron chi connectivity index (χ1n) is 9.34. The molecule has 5 nitrogen and oxygen atoms in total. The number of amidine groups is 1. The molecule has 0 N–H and O–H groups in total. The molecule has 29 heavy (non-hydrogen) atoms. The first-order chi connectivity index (χ1) is 13.8. The van der Waals surface area contributed by atoms with E-state index in [-0.39, 0.29) is 35.1 Å². The summed E-state index contributed by atoms with van der Waals surface area (Å²) in [6, 6.07) is 15.1. The molecule has 2 fully saturated rings. The van der Waals surface area contributed by atoms with Gasteiger partial charge in [0.05, 0.1) is 24.0 Å². The van der Waals surface area contributed by atoms with E-state index in [1.165, 1.54) is 11.8 Å². The highest BCUT2D eigenvalue weighted by molar-refractivity contribution is 8.15. The van der Waals surface area contributed by atoms with Crippen molar-refractivity contribution in [1.82, 2.24) is 4.90 Å². The summed E-state index contributed by atoms with van der Waals surface area (Å²) in [6.07, 6.45) is 0.230. The second kappa shape index (κ2) is 8.13. The zero-order chi connectivity index (χ0) is 20.6. The second-order valence-corrected chi connectivity index (χ2v) is 11.3. The van der Waals surface area contributed by atoms with Crippen molar-refractivity contribution in [2.75, 3.05) is 11.5 Å². The van der Waals surface area contributed by atoms with Crippen LogP contribution in [0.4, 0.5) is 0 Å². The lowest BCUT2D eigenvalue weighted by atomic mass is 10.1. The number of sulfone groups is 1. The normalized spacial score (nSPS) is 24.1. The number of thioether (sulfide) groups is 1. The highest BCUT2D eigenvalue weighted by Gasteiger charge is 2.48. The molecule has 2 aliphatic rings. The number of halogens is 1. The summed E-state index contributed by atoms with van der Waals surface area (Å²) in [4.78, 5) is 18.9. The second-order valence-electron chi connectivity index (χ2n) is 7.51. The van der Waals surface area contributed by atoms with Crippen LogP contribution in [0.1, 0.15) is 16.7 Å². The Balaban J connectivity index is 1.57. The van der Waals surface area contributed by atoms with Gasteiger partial charge < -0.3 is 4.90 Å². The fourth-order valence-corrected chi connectivity index (χ4v) is 7.84. The van der Waals surface area contributed by atoms with Gasteiger partial charge in [-0.3, -0.25) is 4.79 Å². The van der Waals surface area contributed by atoms with Crippen molar-refractivity contribution in [1.29, 1.82) is 0 Å². The minimum absolute atomic E-state index is 0.0854. The minimum atomic E-state index is -3.07. The summed E-state index contributed by atoms with van der Waals surface area (Å²) >= 11 is 7.38. The Kier molecular flexibility index (Phi) is 5.73. The first kappa shape index (κ1) is 20.4. The molecule has 0 aliphatic carbocycles. The molecule has 0 unspecified atom stereocenters. The van der Waals surface area contributed by atoms with Crippen LogP contribution in [0.25, 0.3) is 0 Å². The Morgan fingerprint density at radius 1 is 1.17 bits per heavy atom. The molecule has 4 rings (SSSR count). The third kappa shape index (κ3) is 4.85. The van der Waals surface area contributed by atoms with E-state index in [2.05, 4.69) is 4.99 Å². The van der Waals surface area contributed by atoms with Gasteiger partial charge in [-0.1, -0.05) is 65.3 Å². The maximum Gasteiger partial charge on any atom is 0.252 e. The number of amides is 1. The maximum atomic E-state index is 12.6. The summed E-state index contributed by atoms with van der Waals surface area (Å²) in [7, 11) is -3.07. The smallest absolute Gasteiger partial charge is 0.252 e. The Bertz CT molecular complexity index is 1070. The number of benzene rings is 2. The van der Waals surface area contributed by atoms with Crippen molar-refractivity contribution in [3.05, 3.63) is 70.2 Å². The molecule has 0 radical (unpaired) electrons. The number of nitrogens with zero attached hydrogens (tertiary/aromatic N) is 2. The van der Waals surface area contributed by atoms with Gasteiger partial charge in [-0.2, -0.15) is 4.99 Å². The van der Waals surface area contributed by atoms with E-state index in [1.54, 1.807) is 0 Å². The molecule has 8 heteroatoms. The van der Waals surface area contributed by atoms with Gasteiger partial charge in [0.2, 0.25) is 0 Å². The van der Waals surface area contributed by atoms with E-state index < -0.39 is 9.84 Å². The van der Waals surface area contributed by atoms with Crippen LogP contribution >= 0.6 is 23.4 Å². The fourth-order valence-electron chi connectivity index (χ4n) is 3.75. The van der Waals surface area contributed by atoms with Gasteiger partial charge in [0.15, 0.2) is 15.0 Å². The standard InChI is InChI=1S/C21H21ClN2O3S2/c1-14-3-2-4-16(9-14)10-20(25)23-21-24(11-15-5-7-17(22)8-6-15)18-12-29(26,27)13-19(18)28-21/h2-9,18-19H,10-13H2,1H3/t18-,19-/m1/s1. The molecule has 0 bridgehead atoms. The van der Waals surface area contributed by atoms with E-state index >= 15 is 0 Å². The zero-order valence-corrected chi connectivity index (χ0v) is 18.3. The molecule has 2 aromatic carbocycles. The van der Waals surface area contributed by atoms with Crippen LogP contribution in [-0.2, 0) is 27.6 Å². The molecule has 152 valence electrons. The number of fused-ring (bicyclic) bond motifs is 1. The van der Waals surface area contributed by atoms with E-state index in [0.717, 1.165) is 16.7 Å². The van der Waals surface area contributed by atoms with Crippen LogP contribution in [0.2, 0.25) is 5.02 Å². The zero-order valence-electron chi connectivity index (χ0n) is 15.9. The van der Waals surface area contributed by atoms with Crippen molar-refractivity contribution < 1.29 is 13.2 Å². The van der Waals surface area contributed by atoms with Gasteiger partial charge in [-0.15, -0.1) is 0 Å². The molecule has 1 amide bonds. The van der Waals surface area contributed by atoms with Gasteiger partial charge in [-0.25, -0.2) is 8.42 Å². The number of rotatable bonds is 4. The topological polar surface area (TPSA) is 66.8 Å². The minimum Gasteiger partial charge on any atom is -0.342 e. The SMILES string of the molecule is Cc1cccc(CC(=O)N=C2S[C@@H]3CS(=O)(=O)C[C@H]3N2Cc2ccc(Cl)cc2)c1. The third-order valence-electron chi connectivity index (χ3n) is 5.10. The monoisotopic (exact) mass is 448 g/mol. The summed E-state index contributed by atoms with van der Waals surface area (Å²) in [5, 5.41) is 1.17. The van der Waals surface area contributed by atoms with Crippen molar-refractivity contribution >= 4 is 44.3 Å². The van der Waals surface area contributed by atoms with Crippen LogP contribution in [0.3, 0.4) is 0 Å². The average molecular weight is 449 g/mol. The largest absolute Gasteiger partial charge is 0.342 e. The summed E-state index contributed by atoms with van der Waals surface area (Å²) in [5.41, 5.74) is 3.02. The quantitative estimate of drug-likeness (QED) is 0.716. The van der Waals surface area contributed by atoms with Crippen LogP contribution in [0, 0.1) is 6.92 Å². The average Bonchev–Trinajstić information content (AvgIpc) is 3.09. The van der Waals surface area contributed by atoms with E-state index in [9.17, 15) is 13.2 Å². The molecule has 0 spiro atoms. The molecule has 0 saturated carbocycles. The molecule has 2 aliphatic heterocycles. The van der Waals surface area contributed by atoms with Crippen LogP contribution in [0.15, 0.2) is 53.5 Å². The number of hydrogen-bond acceptors (Lipinski definition) is 4. The predicted octanol–water partition coefficient (Wildman–Crippen LogP) is 3.49. The Morgan fingerprint density at radius 2 is 1.93 bits per heavy atom. The van der Waals surface area contributed by atoms with Crippen molar-refractivity contribution in [2.45, 2.75) is 31.2 Å². The number of aliphatic imine (C=N–C) groups is 1. The molecule has 2 atom stereocenters. The Hall–Kier alpha value is -1.83. The van der Waals surface area contributed by atoms with Gasteiger partial charge in [-0.05, 0) is 30.2 Å². The van der Waals surface area contributed by atoms with E-state index in [0.29, 0.717) is 16.7 Å². The number of carbonyl (C=O) groups is 1. The predicted molar refractivity (Wildman–Crippen MR) is 118 cm³/mol. The van der Waals surface area contributed by atoms with Crippen LogP contribution < -0.4 is 0 Å². The summed E-state index contributed by atoms with van der Waals surface area (Å²) in [5.74, 6) is 0.00971. The molecule has 0 aromatic heterocycles. The number of hydrogen-bond donors (Lipinski definition) is 0. The van der Waals surface area contributed by atoms with Crippen LogP contribution in [-0.4, -0.2) is 47.2 Å². The highest BCUT2D eigenvalue weighted by Crippen LogP contribution is 2.39. The third-order valence-corrected chi connectivity index (χ3v) is 8.60. The lowest BCUT2D eigenvalue weighted by molar-refractivity contribution is -0.117. The lowest BCUT2D eigenvalue weighted by Gasteiger charge is -2.24. The van der Waals surface area contributed by atoms with Gasteiger partial charge >= 0.3 is 0 Å². The van der Waals surface area contributed by atoms with Crippen molar-refractivity contribution in [3.63, 3.8) is 0 Å². The van der Waals surface area contributed by atoms with Gasteiger partial charge in [0, 0.05) is 16.8 Å². The summed E-state index contributed by atoms with van der Waals surface area (Å²) < 4.78 is 24.2. The Labute approximate surface area is 180 Å². The van der Waals surface area contributed by atoms with Crippen LogP contribution in [0.5, 0.6) is 0 Å². The van der Waals surface area contributed by atoms with Gasteiger partial charge in [0.1, 0.15) is 0 Å². The van der Waals surface area contributed by atoms with Crippen molar-refractivity contribution in [3.8, 4) is 0 Å². The van der Waals surface area contributed by atoms with Crippen molar-refractivity contribution in [2.24, 2.45) is 4.99 Å². The highest BCUT2D eigenvalue weighted by atomic mass is 35.5. The molecule has 2 aromatic rings. The van der Waals surface area contributed by atoms with E-state index in [1.807, 2.05) is 60.4 Å². The van der Waals surface area contributed by atoms with E-state index in [4.69, 9.17) is 11.6 Å². The molecule has 2 saturated heterocycles. The maximum absolute atomic E-state index is 12.6. The fraction of sp³-hybridized carbons (Fsp3) is 0.333. The number of carbonyl (C=O) groups excluding carboxylic acids is 1. The summed E-state index contributed by atoms with van der Waals surface area (Å²) in [6.45, 7) is 2.49. The molecular weight excluding hydrogens is 428 g/mol. The first-order valence-corrected chi connectivity index (χ1v) is 12.4.